The van der Waals surface area contributed by atoms with Crippen molar-refractivity contribution >= 4 is 0 Å². The number of hydrogen-bond acceptors (Lipinski definition) is 5. The third-order valence-corrected chi connectivity index (χ3v) is 4.30. The second kappa shape index (κ2) is 4.77. The van der Waals surface area contributed by atoms with E-state index in [0.29, 0.717) is 18.4 Å². The van der Waals surface area contributed by atoms with Gasteiger partial charge >= 0.3 is 6.18 Å². The van der Waals surface area contributed by atoms with Crippen LogP contribution in [0.5, 0.6) is 0 Å². The van der Waals surface area contributed by atoms with Crippen LogP contribution in [-0.2, 0) is 4.74 Å². The Bertz CT molecular complexity index is 673. The molecule has 0 radical (unpaired) electrons. The first-order valence-electron chi connectivity index (χ1n) is 7.00. The maximum Gasteiger partial charge on any atom is 0.395 e. The molecule has 116 valence electrons. The van der Waals surface area contributed by atoms with Crippen LogP contribution in [0.1, 0.15) is 24.7 Å². The molecule has 0 aliphatic carbocycles. The fourth-order valence-electron chi connectivity index (χ4n) is 3.39. The molecule has 0 aromatic carbocycles. The van der Waals surface area contributed by atoms with E-state index >= 15 is 0 Å². The van der Waals surface area contributed by atoms with Crippen molar-refractivity contribution in [3.05, 3.63) is 30.4 Å². The Morgan fingerprint density at radius 1 is 1.18 bits per heavy atom. The highest BCUT2D eigenvalue weighted by molar-refractivity contribution is 5.52. The summed E-state index contributed by atoms with van der Waals surface area (Å²) in [5.41, 5.74) is 0.602. The number of nitrogens with zero attached hydrogens (tertiary/aromatic N) is 3. The van der Waals surface area contributed by atoms with Gasteiger partial charge in [-0.3, -0.25) is 4.98 Å². The van der Waals surface area contributed by atoms with Crippen molar-refractivity contribution in [2.75, 3.05) is 0 Å². The molecule has 2 aliphatic heterocycles. The Balaban J connectivity index is 1.68. The normalized spacial score (nSPS) is 30.9. The molecule has 0 spiro atoms. The van der Waals surface area contributed by atoms with Gasteiger partial charge in [-0.15, -0.1) is 0 Å². The fraction of sp³-hybridized carbons (Fsp3) is 0.500. The minimum absolute atomic E-state index is 0.00613. The molecule has 0 saturated carbocycles. The summed E-state index contributed by atoms with van der Waals surface area (Å²) in [6.07, 6.45) is -1.50. The van der Waals surface area contributed by atoms with Crippen LogP contribution in [0.2, 0.25) is 0 Å². The van der Waals surface area contributed by atoms with E-state index in [0.717, 1.165) is 0 Å². The average molecular weight is 311 g/mol. The number of fused-ring (bicyclic) bond motifs is 2. The molecule has 22 heavy (non-hydrogen) atoms. The predicted molar refractivity (Wildman–Crippen MR) is 67.7 cm³/mol. The van der Waals surface area contributed by atoms with E-state index in [1.54, 1.807) is 18.3 Å². The Hall–Kier alpha value is -1.96. The van der Waals surface area contributed by atoms with Crippen LogP contribution in [0.4, 0.5) is 13.2 Å². The first kappa shape index (κ1) is 13.7. The highest BCUT2D eigenvalue weighted by atomic mass is 19.4. The highest BCUT2D eigenvalue weighted by Crippen LogP contribution is 2.54. The Morgan fingerprint density at radius 3 is 2.73 bits per heavy atom. The van der Waals surface area contributed by atoms with E-state index < -0.39 is 30.2 Å². The molecule has 0 amide bonds. The number of halogens is 3. The SMILES string of the molecule is FC(F)(F)C1C2CCC(O2)C1c1nc(-c2cccnc2)no1. The number of aromatic nitrogens is 3. The molecule has 2 saturated heterocycles. The molecule has 4 heterocycles. The molecule has 2 aromatic heterocycles. The largest absolute Gasteiger partial charge is 0.395 e. The van der Waals surface area contributed by atoms with E-state index in [2.05, 4.69) is 15.1 Å². The minimum atomic E-state index is -4.34. The van der Waals surface area contributed by atoms with E-state index in [-0.39, 0.29) is 11.7 Å². The van der Waals surface area contributed by atoms with E-state index in [1.807, 2.05) is 0 Å². The molecule has 2 aliphatic rings. The summed E-state index contributed by atoms with van der Waals surface area (Å²) in [6, 6.07) is 3.42. The molecule has 2 bridgehead atoms. The molecule has 0 N–H and O–H groups in total. The first-order chi connectivity index (χ1) is 10.5. The molecule has 4 rings (SSSR count). The van der Waals surface area contributed by atoms with Gasteiger partial charge in [0.25, 0.3) is 0 Å². The van der Waals surface area contributed by atoms with Gasteiger partial charge in [-0.2, -0.15) is 18.2 Å². The van der Waals surface area contributed by atoms with Crippen molar-refractivity contribution in [3.8, 4) is 11.4 Å². The third-order valence-electron chi connectivity index (χ3n) is 4.30. The second-order valence-corrected chi connectivity index (χ2v) is 5.58. The number of rotatable bonds is 2. The lowest BCUT2D eigenvalue weighted by Crippen LogP contribution is -2.37. The van der Waals surface area contributed by atoms with Gasteiger partial charge in [-0.25, -0.2) is 0 Å². The molecule has 2 fully saturated rings. The summed E-state index contributed by atoms with van der Waals surface area (Å²) in [4.78, 5) is 8.08. The average Bonchev–Trinajstić information content (AvgIpc) is 3.21. The molecular formula is C14H12F3N3O2. The number of hydrogen-bond donors (Lipinski definition) is 0. The van der Waals surface area contributed by atoms with Crippen LogP contribution in [0.25, 0.3) is 11.4 Å². The lowest BCUT2D eigenvalue weighted by atomic mass is 9.78. The van der Waals surface area contributed by atoms with Gasteiger partial charge in [-0.05, 0) is 25.0 Å². The maximum atomic E-state index is 13.3. The zero-order valence-electron chi connectivity index (χ0n) is 11.3. The van der Waals surface area contributed by atoms with Crippen molar-refractivity contribution in [3.63, 3.8) is 0 Å². The van der Waals surface area contributed by atoms with E-state index in [1.165, 1.54) is 6.20 Å². The Morgan fingerprint density at radius 2 is 2.00 bits per heavy atom. The van der Waals surface area contributed by atoms with Gasteiger partial charge in [0.2, 0.25) is 11.7 Å². The topological polar surface area (TPSA) is 61.0 Å². The predicted octanol–water partition coefficient (Wildman–Crippen LogP) is 2.95. The van der Waals surface area contributed by atoms with Gasteiger partial charge in [0.05, 0.1) is 24.0 Å². The summed E-state index contributed by atoms with van der Waals surface area (Å²) >= 11 is 0. The highest BCUT2D eigenvalue weighted by Gasteiger charge is 2.62. The van der Waals surface area contributed by atoms with Crippen LogP contribution in [0, 0.1) is 5.92 Å². The fourth-order valence-corrected chi connectivity index (χ4v) is 3.39. The van der Waals surface area contributed by atoms with Crippen LogP contribution in [0.3, 0.4) is 0 Å². The van der Waals surface area contributed by atoms with Crippen molar-refractivity contribution in [1.29, 1.82) is 0 Å². The smallest absolute Gasteiger partial charge is 0.373 e. The van der Waals surface area contributed by atoms with Gasteiger partial charge in [0, 0.05) is 18.0 Å². The Labute approximate surface area is 123 Å². The van der Waals surface area contributed by atoms with Crippen LogP contribution in [0.15, 0.2) is 29.0 Å². The second-order valence-electron chi connectivity index (χ2n) is 5.58. The third kappa shape index (κ3) is 2.09. The summed E-state index contributed by atoms with van der Waals surface area (Å²) in [6.45, 7) is 0. The standard InChI is InChI=1S/C14H12F3N3O2/c15-14(16,17)11-9-4-3-8(21-9)10(11)13-19-12(20-22-13)7-2-1-5-18-6-7/h1-2,5-6,8-11H,3-4H2. The van der Waals surface area contributed by atoms with Crippen molar-refractivity contribution in [1.82, 2.24) is 15.1 Å². The summed E-state index contributed by atoms with van der Waals surface area (Å²) in [5, 5.41) is 3.78. The summed E-state index contributed by atoms with van der Waals surface area (Å²) < 4.78 is 50.5. The molecule has 5 nitrogen and oxygen atoms in total. The van der Waals surface area contributed by atoms with Gasteiger partial charge in [-0.1, -0.05) is 5.16 Å². The number of ether oxygens (including phenoxy) is 1. The molecule has 4 unspecified atom stereocenters. The quantitative estimate of drug-likeness (QED) is 0.853. The first-order valence-corrected chi connectivity index (χ1v) is 7.00. The van der Waals surface area contributed by atoms with Gasteiger partial charge in [0.1, 0.15) is 0 Å². The zero-order chi connectivity index (χ0) is 15.3. The Kier molecular flexibility index (Phi) is 2.97. The number of alkyl halides is 3. The lowest BCUT2D eigenvalue weighted by Gasteiger charge is -2.27. The number of pyridine rings is 1. The van der Waals surface area contributed by atoms with E-state index in [4.69, 9.17) is 9.26 Å². The van der Waals surface area contributed by atoms with E-state index in [9.17, 15) is 13.2 Å². The summed E-state index contributed by atoms with van der Waals surface area (Å²) in [7, 11) is 0. The monoisotopic (exact) mass is 311 g/mol. The van der Waals surface area contributed by atoms with Crippen molar-refractivity contribution in [2.24, 2.45) is 5.92 Å². The molecule has 2 aromatic rings. The van der Waals surface area contributed by atoms with Gasteiger partial charge in [0.15, 0.2) is 0 Å². The minimum Gasteiger partial charge on any atom is -0.373 e. The van der Waals surface area contributed by atoms with Gasteiger partial charge < -0.3 is 9.26 Å². The van der Waals surface area contributed by atoms with Crippen LogP contribution in [-0.4, -0.2) is 33.5 Å². The van der Waals surface area contributed by atoms with Crippen LogP contribution >= 0.6 is 0 Å². The zero-order valence-corrected chi connectivity index (χ0v) is 11.3. The maximum absolute atomic E-state index is 13.3. The molecular weight excluding hydrogens is 299 g/mol. The van der Waals surface area contributed by atoms with Crippen LogP contribution < -0.4 is 0 Å². The van der Waals surface area contributed by atoms with Crippen molar-refractivity contribution in [2.45, 2.75) is 37.1 Å². The van der Waals surface area contributed by atoms with Crippen molar-refractivity contribution < 1.29 is 22.4 Å². The molecule has 8 heteroatoms. The summed E-state index contributed by atoms with van der Waals surface area (Å²) in [5.74, 6) is -2.26. The molecule has 4 atom stereocenters. The lowest BCUT2D eigenvalue weighted by molar-refractivity contribution is -0.190.